The predicted molar refractivity (Wildman–Crippen MR) is 89.1 cm³/mol. The van der Waals surface area contributed by atoms with Gasteiger partial charge in [0.1, 0.15) is 0 Å². The fraction of sp³-hybridized carbons (Fsp3) is 0.647. The second kappa shape index (κ2) is 8.61. The van der Waals surface area contributed by atoms with Gasteiger partial charge in [-0.3, -0.25) is 0 Å². The van der Waals surface area contributed by atoms with Gasteiger partial charge in [0.05, 0.1) is 18.8 Å². The van der Waals surface area contributed by atoms with Gasteiger partial charge in [0.25, 0.3) is 0 Å². The Morgan fingerprint density at radius 3 is 2.82 bits per heavy atom. The first-order valence-electron chi connectivity index (χ1n) is 8.04. The summed E-state index contributed by atoms with van der Waals surface area (Å²) in [6.45, 7) is 8.96. The van der Waals surface area contributed by atoms with Gasteiger partial charge in [-0.15, -0.1) is 0 Å². The molecule has 1 fully saturated rings. The molecule has 1 aromatic rings. The van der Waals surface area contributed by atoms with Crippen molar-refractivity contribution < 1.29 is 14.2 Å². The van der Waals surface area contributed by atoms with E-state index in [1.54, 1.807) is 0 Å². The molecule has 0 aromatic heterocycles. The molecule has 22 heavy (non-hydrogen) atoms. The zero-order valence-corrected chi connectivity index (χ0v) is 14.4. The van der Waals surface area contributed by atoms with E-state index in [4.69, 9.17) is 25.8 Å². The summed E-state index contributed by atoms with van der Waals surface area (Å²) in [6.07, 6.45) is 2.70. The first-order chi connectivity index (χ1) is 10.6. The van der Waals surface area contributed by atoms with Crippen LogP contribution in [0.25, 0.3) is 0 Å². The van der Waals surface area contributed by atoms with Crippen LogP contribution in [0.15, 0.2) is 12.1 Å². The molecular weight excluding hydrogens is 302 g/mol. The van der Waals surface area contributed by atoms with Crippen LogP contribution in [-0.2, 0) is 11.3 Å². The van der Waals surface area contributed by atoms with Gasteiger partial charge in [-0.25, -0.2) is 0 Å². The van der Waals surface area contributed by atoms with Crippen LogP contribution in [0.2, 0.25) is 5.02 Å². The van der Waals surface area contributed by atoms with Crippen molar-refractivity contribution in [3.05, 3.63) is 22.7 Å². The highest BCUT2D eigenvalue weighted by molar-refractivity contribution is 6.31. The van der Waals surface area contributed by atoms with Crippen molar-refractivity contribution in [3.8, 4) is 11.5 Å². The van der Waals surface area contributed by atoms with E-state index in [9.17, 15) is 0 Å². The van der Waals surface area contributed by atoms with Gasteiger partial charge in [-0.05, 0) is 45.2 Å². The van der Waals surface area contributed by atoms with Crippen molar-refractivity contribution in [2.45, 2.75) is 52.4 Å². The minimum absolute atomic E-state index is 0.0822. The highest BCUT2D eigenvalue weighted by Gasteiger charge is 2.16. The Balaban J connectivity index is 2.01. The molecule has 124 valence electrons. The number of nitrogens with one attached hydrogen (secondary N) is 1. The molecule has 1 N–H and O–H groups in total. The van der Waals surface area contributed by atoms with Crippen LogP contribution in [0.3, 0.4) is 0 Å². The molecule has 0 saturated carbocycles. The number of rotatable bonds is 8. The number of halogens is 1. The van der Waals surface area contributed by atoms with Crippen molar-refractivity contribution >= 4 is 11.6 Å². The number of ether oxygens (including phenoxy) is 3. The van der Waals surface area contributed by atoms with E-state index in [0.717, 1.165) is 37.3 Å². The minimum Gasteiger partial charge on any atom is -0.490 e. The van der Waals surface area contributed by atoms with Crippen LogP contribution in [0.1, 0.15) is 39.2 Å². The van der Waals surface area contributed by atoms with Gasteiger partial charge in [-0.1, -0.05) is 11.6 Å². The summed E-state index contributed by atoms with van der Waals surface area (Å²) in [5, 5.41) is 4.10. The lowest BCUT2D eigenvalue weighted by molar-refractivity contribution is 0.110. The third-order valence-corrected chi connectivity index (χ3v) is 3.84. The van der Waals surface area contributed by atoms with Gasteiger partial charge >= 0.3 is 0 Å². The average molecular weight is 328 g/mol. The first-order valence-corrected chi connectivity index (χ1v) is 8.42. The molecule has 5 heteroatoms. The summed E-state index contributed by atoms with van der Waals surface area (Å²) in [5.41, 5.74) is 1.01. The Kier molecular flexibility index (Phi) is 6.80. The summed E-state index contributed by atoms with van der Waals surface area (Å²) in [7, 11) is 0. The third-order valence-electron chi connectivity index (χ3n) is 3.49. The molecule has 1 atom stereocenters. The normalized spacial score (nSPS) is 18.0. The largest absolute Gasteiger partial charge is 0.490 e. The van der Waals surface area contributed by atoms with Crippen LogP contribution >= 0.6 is 11.6 Å². The fourth-order valence-electron chi connectivity index (χ4n) is 2.50. The van der Waals surface area contributed by atoms with Gasteiger partial charge < -0.3 is 19.5 Å². The zero-order chi connectivity index (χ0) is 15.9. The van der Waals surface area contributed by atoms with E-state index < -0.39 is 0 Å². The molecule has 1 aliphatic heterocycles. The standard InChI is InChI=1S/C17H26ClNO3/c1-4-20-16-8-13(10-19-11-14-6-5-7-21-14)15(18)9-17(16)22-12(2)3/h8-9,12,14,19H,4-7,10-11H2,1-3H3. The summed E-state index contributed by atoms with van der Waals surface area (Å²) in [4.78, 5) is 0. The first kappa shape index (κ1) is 17.4. The lowest BCUT2D eigenvalue weighted by Crippen LogP contribution is -2.25. The van der Waals surface area contributed by atoms with Crippen molar-refractivity contribution in [1.82, 2.24) is 5.32 Å². The topological polar surface area (TPSA) is 39.7 Å². The number of benzene rings is 1. The van der Waals surface area contributed by atoms with Gasteiger partial charge in [-0.2, -0.15) is 0 Å². The second-order valence-corrected chi connectivity index (χ2v) is 6.16. The predicted octanol–water partition coefficient (Wildman–Crippen LogP) is 3.79. The van der Waals surface area contributed by atoms with E-state index in [-0.39, 0.29) is 6.10 Å². The van der Waals surface area contributed by atoms with Crippen LogP contribution in [0, 0.1) is 0 Å². The smallest absolute Gasteiger partial charge is 0.163 e. The van der Waals surface area contributed by atoms with Crippen molar-refractivity contribution in [2.24, 2.45) is 0 Å². The summed E-state index contributed by atoms with van der Waals surface area (Å²) in [5.74, 6) is 1.44. The van der Waals surface area contributed by atoms with Crippen LogP contribution < -0.4 is 14.8 Å². The quantitative estimate of drug-likeness (QED) is 0.788. The highest BCUT2D eigenvalue weighted by Crippen LogP contribution is 2.34. The number of hydrogen-bond acceptors (Lipinski definition) is 4. The van der Waals surface area contributed by atoms with E-state index in [0.29, 0.717) is 30.0 Å². The molecule has 1 saturated heterocycles. The van der Waals surface area contributed by atoms with E-state index in [1.165, 1.54) is 0 Å². The van der Waals surface area contributed by atoms with E-state index in [2.05, 4.69) is 5.32 Å². The van der Waals surface area contributed by atoms with Gasteiger partial charge in [0.15, 0.2) is 11.5 Å². The zero-order valence-electron chi connectivity index (χ0n) is 13.7. The Morgan fingerprint density at radius 1 is 1.36 bits per heavy atom. The molecular formula is C17H26ClNO3. The van der Waals surface area contributed by atoms with Crippen LogP contribution in [0.4, 0.5) is 0 Å². The molecule has 0 bridgehead atoms. The van der Waals surface area contributed by atoms with Gasteiger partial charge in [0, 0.05) is 30.8 Å². The SMILES string of the molecule is CCOc1cc(CNCC2CCCO2)c(Cl)cc1OC(C)C. The molecule has 0 aliphatic carbocycles. The Morgan fingerprint density at radius 2 is 2.18 bits per heavy atom. The lowest BCUT2D eigenvalue weighted by Gasteiger charge is -2.17. The Labute approximate surface area is 138 Å². The summed E-state index contributed by atoms with van der Waals surface area (Å²) >= 11 is 6.37. The fourth-order valence-corrected chi connectivity index (χ4v) is 2.72. The third kappa shape index (κ3) is 5.04. The summed E-state index contributed by atoms with van der Waals surface area (Å²) in [6, 6.07) is 3.81. The van der Waals surface area contributed by atoms with Gasteiger partial charge in [0.2, 0.25) is 0 Å². The molecule has 0 spiro atoms. The van der Waals surface area contributed by atoms with E-state index >= 15 is 0 Å². The van der Waals surface area contributed by atoms with E-state index in [1.807, 2.05) is 32.9 Å². The maximum absolute atomic E-state index is 6.37. The second-order valence-electron chi connectivity index (χ2n) is 5.76. The monoisotopic (exact) mass is 327 g/mol. The Hall–Kier alpha value is -0.970. The lowest BCUT2D eigenvalue weighted by atomic mass is 10.2. The average Bonchev–Trinajstić information content (AvgIpc) is 2.96. The summed E-state index contributed by atoms with van der Waals surface area (Å²) < 4.78 is 17.1. The van der Waals surface area contributed by atoms with Crippen molar-refractivity contribution in [1.29, 1.82) is 0 Å². The maximum atomic E-state index is 6.37. The minimum atomic E-state index is 0.0822. The molecule has 1 heterocycles. The van der Waals surface area contributed by atoms with Crippen LogP contribution in [-0.4, -0.2) is 32.0 Å². The number of hydrogen-bond donors (Lipinski definition) is 1. The maximum Gasteiger partial charge on any atom is 0.163 e. The van der Waals surface area contributed by atoms with Crippen LogP contribution in [0.5, 0.6) is 11.5 Å². The Bertz CT molecular complexity index is 473. The van der Waals surface area contributed by atoms with Crippen molar-refractivity contribution in [3.63, 3.8) is 0 Å². The molecule has 0 amide bonds. The highest BCUT2D eigenvalue weighted by atomic mass is 35.5. The molecule has 0 radical (unpaired) electrons. The van der Waals surface area contributed by atoms with Crippen molar-refractivity contribution in [2.75, 3.05) is 19.8 Å². The molecule has 1 aromatic carbocycles. The molecule has 4 nitrogen and oxygen atoms in total. The molecule has 1 unspecified atom stereocenters. The molecule has 1 aliphatic rings. The molecule has 2 rings (SSSR count).